The van der Waals surface area contributed by atoms with E-state index in [1.54, 1.807) is 0 Å². The standard InChI is InChI=1S/CH3O2P/c1-4(2)3/h1H3/q-2. The molecule has 26 valence electrons. The first-order valence-electron chi connectivity index (χ1n) is 0.812. The Morgan fingerprint density at radius 3 is 1.50 bits per heavy atom. The van der Waals surface area contributed by atoms with Crippen molar-refractivity contribution >= 4 is 8.38 Å². The maximum atomic E-state index is 9.04. The molecule has 0 atom stereocenters. The van der Waals surface area contributed by atoms with Crippen molar-refractivity contribution in [2.75, 3.05) is 6.66 Å². The highest BCUT2D eigenvalue weighted by atomic mass is 31.2. The third kappa shape index (κ3) is 35.0. The Hall–Kier alpha value is 0.350. The second-order valence-corrected chi connectivity index (χ2v) is 1.32. The molecule has 0 aliphatic heterocycles. The van der Waals surface area contributed by atoms with Gasteiger partial charge in [0.15, 0.2) is 0 Å². The lowest BCUT2D eigenvalue weighted by Gasteiger charge is -2.23. The van der Waals surface area contributed by atoms with Crippen LogP contribution in [0.5, 0.6) is 0 Å². The zero-order valence-corrected chi connectivity index (χ0v) is 3.16. The maximum absolute atomic E-state index is 9.04. The summed E-state index contributed by atoms with van der Waals surface area (Å²) in [5, 5.41) is 0. The molecule has 0 N–H and O–H groups in total. The monoisotopic (exact) mass is 78.0 g/mol. The minimum Gasteiger partial charge on any atom is -0.842 e. The Kier molecular flexibility index (Phi) is 1.79. The van der Waals surface area contributed by atoms with Gasteiger partial charge in [0.2, 0.25) is 0 Å². The lowest BCUT2D eigenvalue weighted by Crippen LogP contribution is -2.04. The summed E-state index contributed by atoms with van der Waals surface area (Å²) in [7, 11) is -2.12. The fourth-order valence-electron chi connectivity index (χ4n) is 0. The second kappa shape index (κ2) is 1.65. The van der Waals surface area contributed by atoms with Crippen LogP contribution < -0.4 is 9.79 Å². The number of hydrogen-bond donors (Lipinski definition) is 0. The van der Waals surface area contributed by atoms with E-state index in [1.807, 2.05) is 0 Å². The Balaban J connectivity index is 2.32. The van der Waals surface area contributed by atoms with E-state index in [0.29, 0.717) is 0 Å². The molecule has 0 aromatic carbocycles. The van der Waals surface area contributed by atoms with E-state index in [-0.39, 0.29) is 0 Å². The summed E-state index contributed by atoms with van der Waals surface area (Å²) in [6.07, 6.45) is 0. The molecule has 0 amide bonds. The van der Waals surface area contributed by atoms with E-state index in [1.165, 1.54) is 0 Å². The van der Waals surface area contributed by atoms with Crippen LogP contribution in [-0.2, 0) is 0 Å². The molecule has 0 aromatic heterocycles. The highest BCUT2D eigenvalue weighted by Gasteiger charge is 1.32. The third-order valence-corrected chi connectivity index (χ3v) is 0. The first-order valence-corrected chi connectivity index (χ1v) is 2.44. The Morgan fingerprint density at radius 2 is 1.50 bits per heavy atom. The smallest absolute Gasteiger partial charge is 0.0741 e. The van der Waals surface area contributed by atoms with Crippen molar-refractivity contribution in [3.05, 3.63) is 0 Å². The summed E-state index contributed by atoms with van der Waals surface area (Å²) in [5.41, 5.74) is 0. The second-order valence-electron chi connectivity index (χ2n) is 0.440. The van der Waals surface area contributed by atoms with Crippen LogP contribution >= 0.6 is 8.38 Å². The van der Waals surface area contributed by atoms with E-state index in [4.69, 9.17) is 9.79 Å². The highest BCUT2D eigenvalue weighted by Crippen LogP contribution is 1.96. The molecule has 0 aliphatic carbocycles. The van der Waals surface area contributed by atoms with Crippen LogP contribution in [0.1, 0.15) is 0 Å². The van der Waals surface area contributed by atoms with Gasteiger partial charge in [-0.25, -0.2) is 0 Å². The first kappa shape index (κ1) is 4.35. The largest absolute Gasteiger partial charge is 0.842 e. The molecule has 0 aliphatic rings. The van der Waals surface area contributed by atoms with E-state index in [0.717, 1.165) is 6.66 Å². The molecule has 4 heavy (non-hydrogen) atoms. The summed E-state index contributed by atoms with van der Waals surface area (Å²) < 4.78 is 0. The van der Waals surface area contributed by atoms with Crippen LogP contribution in [0.15, 0.2) is 0 Å². The van der Waals surface area contributed by atoms with Gasteiger partial charge in [0, 0.05) is 0 Å². The molecule has 0 saturated carbocycles. The van der Waals surface area contributed by atoms with Crippen molar-refractivity contribution in [1.82, 2.24) is 0 Å². The Labute approximate surface area is 26.0 Å². The molecule has 0 bridgehead atoms. The quantitative estimate of drug-likeness (QED) is 0.336. The summed E-state index contributed by atoms with van der Waals surface area (Å²) in [5.74, 6) is 0. The molecule has 2 nitrogen and oxygen atoms in total. The summed E-state index contributed by atoms with van der Waals surface area (Å²) in [6.45, 7) is 1.12. The number of hydrogen-bond acceptors (Lipinski definition) is 2. The van der Waals surface area contributed by atoms with Crippen molar-refractivity contribution in [2.45, 2.75) is 0 Å². The zero-order valence-electron chi connectivity index (χ0n) is 2.26. The molecule has 0 fully saturated rings. The zero-order chi connectivity index (χ0) is 3.58. The SMILES string of the molecule is CP([O-])[O-]. The van der Waals surface area contributed by atoms with Gasteiger partial charge >= 0.3 is 0 Å². The van der Waals surface area contributed by atoms with Gasteiger partial charge in [-0.15, -0.1) is 0 Å². The molecule has 0 aromatic rings. The molecular weight excluding hydrogens is 75.0 g/mol. The third-order valence-electron chi connectivity index (χ3n) is 0. The lowest BCUT2D eigenvalue weighted by atomic mass is 12.0. The molecule has 0 heterocycles. The van der Waals surface area contributed by atoms with Gasteiger partial charge in [0.1, 0.15) is 0 Å². The highest BCUT2D eigenvalue weighted by molar-refractivity contribution is 7.41. The van der Waals surface area contributed by atoms with Gasteiger partial charge in [0.25, 0.3) is 0 Å². The van der Waals surface area contributed by atoms with Crippen molar-refractivity contribution < 1.29 is 9.79 Å². The summed E-state index contributed by atoms with van der Waals surface area (Å²) >= 11 is 0. The predicted octanol–water partition coefficient (Wildman–Crippen LogP) is -1.35. The Bertz CT molecular complexity index is 10.8. The molecular formula is CH3O2P-2. The van der Waals surface area contributed by atoms with Crippen LogP contribution in [-0.4, -0.2) is 6.66 Å². The van der Waals surface area contributed by atoms with Gasteiger partial charge in [0.05, 0.1) is 0 Å². The maximum Gasteiger partial charge on any atom is -0.0741 e. The minimum absolute atomic E-state index is 1.12. The average molecular weight is 78.0 g/mol. The number of rotatable bonds is 0. The molecule has 3 heteroatoms. The minimum atomic E-state index is -2.12. The van der Waals surface area contributed by atoms with Gasteiger partial charge in [-0.1, -0.05) is 6.66 Å². The van der Waals surface area contributed by atoms with Crippen LogP contribution in [0, 0.1) is 0 Å². The first-order chi connectivity index (χ1) is 1.73. The fourth-order valence-corrected chi connectivity index (χ4v) is 0. The van der Waals surface area contributed by atoms with Crippen LogP contribution in [0.3, 0.4) is 0 Å². The van der Waals surface area contributed by atoms with Crippen molar-refractivity contribution in [3.63, 3.8) is 0 Å². The lowest BCUT2D eigenvalue weighted by molar-refractivity contribution is -0.289. The Morgan fingerprint density at radius 1 is 1.50 bits per heavy atom. The van der Waals surface area contributed by atoms with Crippen LogP contribution in [0.2, 0.25) is 0 Å². The molecule has 0 rings (SSSR count). The molecule has 0 unspecified atom stereocenters. The summed E-state index contributed by atoms with van der Waals surface area (Å²) in [4.78, 5) is 18.1. The van der Waals surface area contributed by atoms with E-state index in [2.05, 4.69) is 0 Å². The topological polar surface area (TPSA) is 46.1 Å². The van der Waals surface area contributed by atoms with Crippen LogP contribution in [0.4, 0.5) is 0 Å². The fraction of sp³-hybridized carbons (Fsp3) is 1.00. The van der Waals surface area contributed by atoms with Gasteiger partial charge < -0.3 is 18.2 Å². The molecule has 0 spiro atoms. The van der Waals surface area contributed by atoms with E-state index >= 15 is 0 Å². The molecule has 0 saturated heterocycles. The average Bonchev–Trinajstić information content (AvgIpc) is 0.811. The molecule has 0 radical (unpaired) electrons. The van der Waals surface area contributed by atoms with Crippen molar-refractivity contribution in [1.29, 1.82) is 0 Å². The van der Waals surface area contributed by atoms with Crippen molar-refractivity contribution in [3.8, 4) is 0 Å². The van der Waals surface area contributed by atoms with Gasteiger partial charge in [-0.05, 0) is 0 Å². The predicted molar refractivity (Wildman–Crippen MR) is 12.8 cm³/mol. The normalized spacial score (nSPS) is 9.00. The summed E-state index contributed by atoms with van der Waals surface area (Å²) in [6, 6.07) is 0. The van der Waals surface area contributed by atoms with Crippen molar-refractivity contribution in [2.24, 2.45) is 0 Å². The van der Waals surface area contributed by atoms with E-state index < -0.39 is 8.38 Å². The van der Waals surface area contributed by atoms with Crippen LogP contribution in [0.25, 0.3) is 0 Å². The van der Waals surface area contributed by atoms with Gasteiger partial charge in [-0.3, -0.25) is 0 Å². The van der Waals surface area contributed by atoms with E-state index in [9.17, 15) is 0 Å². The van der Waals surface area contributed by atoms with Gasteiger partial charge in [-0.2, -0.15) is 0 Å².